The molecule has 9 heteroatoms. The van der Waals surface area contributed by atoms with Crippen molar-refractivity contribution in [3.8, 4) is 22.8 Å². The van der Waals surface area contributed by atoms with Crippen LogP contribution in [-0.2, 0) is 10.2 Å². The number of pyridine rings is 1. The summed E-state index contributed by atoms with van der Waals surface area (Å²) >= 11 is 0. The van der Waals surface area contributed by atoms with Gasteiger partial charge in [0.2, 0.25) is 5.91 Å². The zero-order valence-corrected chi connectivity index (χ0v) is 17.4. The van der Waals surface area contributed by atoms with Crippen molar-refractivity contribution in [1.82, 2.24) is 4.98 Å². The van der Waals surface area contributed by atoms with Gasteiger partial charge in [-0.1, -0.05) is 18.2 Å². The van der Waals surface area contributed by atoms with Crippen molar-refractivity contribution in [2.24, 2.45) is 0 Å². The summed E-state index contributed by atoms with van der Waals surface area (Å²) < 4.78 is 35.6. The lowest BCUT2D eigenvalue weighted by Crippen LogP contribution is -2.28. The summed E-state index contributed by atoms with van der Waals surface area (Å²) in [5.74, 6) is -1.14. The first-order chi connectivity index (χ1) is 15.6. The van der Waals surface area contributed by atoms with Gasteiger partial charge < -0.3 is 19.9 Å². The molecule has 7 nitrogen and oxygen atoms in total. The predicted molar refractivity (Wildman–Crippen MR) is 114 cm³/mol. The monoisotopic (exact) mass is 452 g/mol. The molecule has 2 heterocycles. The number of alkyl halides is 2. The van der Waals surface area contributed by atoms with Crippen molar-refractivity contribution < 1.29 is 33.0 Å². The number of carboxylic acids is 1. The Morgan fingerprint density at radius 2 is 1.70 bits per heavy atom. The predicted octanol–water partition coefficient (Wildman–Crippen LogP) is 4.75. The molecule has 3 aromatic rings. The number of halogens is 2. The molecule has 0 atom stereocenters. The first kappa shape index (κ1) is 20.9. The van der Waals surface area contributed by atoms with Crippen molar-refractivity contribution in [3.63, 3.8) is 0 Å². The van der Waals surface area contributed by atoms with Crippen LogP contribution in [0.15, 0.2) is 54.6 Å². The van der Waals surface area contributed by atoms with E-state index >= 15 is 0 Å². The van der Waals surface area contributed by atoms with Crippen LogP contribution in [0.5, 0.6) is 11.5 Å². The van der Waals surface area contributed by atoms with Crippen molar-refractivity contribution in [2.75, 3.05) is 5.32 Å². The van der Waals surface area contributed by atoms with Gasteiger partial charge in [-0.05, 0) is 67.3 Å². The molecule has 1 aromatic heterocycles. The van der Waals surface area contributed by atoms with E-state index in [9.17, 15) is 18.4 Å². The lowest BCUT2D eigenvalue weighted by molar-refractivity contribution is -0.286. The molecule has 1 fully saturated rings. The second-order valence-corrected chi connectivity index (χ2v) is 8.16. The maximum Gasteiger partial charge on any atom is 0.586 e. The maximum absolute atomic E-state index is 13.3. The van der Waals surface area contributed by atoms with E-state index in [2.05, 4.69) is 19.8 Å². The first-order valence-electron chi connectivity index (χ1n) is 10.2. The number of carbonyl (C=O) groups is 2. The zero-order valence-electron chi connectivity index (χ0n) is 17.4. The molecular weight excluding hydrogens is 434 g/mol. The summed E-state index contributed by atoms with van der Waals surface area (Å²) in [7, 11) is 0. The molecule has 0 bridgehead atoms. The van der Waals surface area contributed by atoms with Crippen molar-refractivity contribution >= 4 is 17.7 Å². The highest BCUT2D eigenvalue weighted by Crippen LogP contribution is 2.52. The van der Waals surface area contributed by atoms with E-state index in [0.29, 0.717) is 35.5 Å². The van der Waals surface area contributed by atoms with Crippen LogP contribution in [0.25, 0.3) is 11.3 Å². The molecule has 2 N–H and O–H groups in total. The summed E-state index contributed by atoms with van der Waals surface area (Å²) in [6, 6.07) is 14.2. The number of nitrogens with zero attached hydrogens (tertiary/aromatic N) is 1. The third-order valence-corrected chi connectivity index (χ3v) is 5.78. The van der Waals surface area contributed by atoms with Crippen molar-refractivity contribution in [1.29, 1.82) is 0 Å². The Morgan fingerprint density at radius 3 is 2.36 bits per heavy atom. The van der Waals surface area contributed by atoms with E-state index in [-0.39, 0.29) is 23.0 Å². The lowest BCUT2D eigenvalue weighted by Gasteiger charge is -2.16. The Morgan fingerprint density at radius 1 is 1.00 bits per heavy atom. The molecule has 2 aromatic carbocycles. The Hall–Kier alpha value is -4.01. The van der Waals surface area contributed by atoms with E-state index in [0.717, 1.165) is 5.56 Å². The van der Waals surface area contributed by atoms with Crippen molar-refractivity contribution in [2.45, 2.75) is 31.5 Å². The SMILES string of the molecule is Cc1cc(NC(=O)C2(c3ccc4c(c3)OC(F)(F)O4)CC2)nc(-c2ccc(C(=O)O)cc2)c1. The Balaban J connectivity index is 1.39. The Bertz CT molecular complexity index is 1290. The Kier molecular flexibility index (Phi) is 4.59. The van der Waals surface area contributed by atoms with Gasteiger partial charge in [0.25, 0.3) is 0 Å². The second-order valence-electron chi connectivity index (χ2n) is 8.16. The van der Waals surface area contributed by atoms with Gasteiger partial charge in [-0.15, -0.1) is 8.78 Å². The molecule has 5 rings (SSSR count). The second kappa shape index (κ2) is 7.26. The number of carboxylic acid groups (broad SMARTS) is 1. The quantitative estimate of drug-likeness (QED) is 0.580. The average Bonchev–Trinajstić information content (AvgIpc) is 3.50. The van der Waals surface area contributed by atoms with Crippen LogP contribution >= 0.6 is 0 Å². The standard InChI is InChI=1S/C24H18F2N2O5/c1-13-10-17(14-2-4-15(5-3-14)21(29)30)27-20(11-13)28-22(31)23(8-9-23)16-6-7-18-19(12-16)33-24(25,26)32-18/h2-7,10-12H,8-9H2,1H3,(H,29,30)(H,27,28,31). The molecule has 1 aliphatic carbocycles. The summed E-state index contributed by atoms with van der Waals surface area (Å²) in [5.41, 5.74) is 2.02. The highest BCUT2D eigenvalue weighted by molar-refractivity contribution is 6.01. The largest absolute Gasteiger partial charge is 0.586 e. The van der Waals surface area contributed by atoms with E-state index in [1.54, 1.807) is 24.3 Å². The zero-order chi connectivity index (χ0) is 23.4. The number of carbonyl (C=O) groups excluding carboxylic acids is 1. The number of rotatable bonds is 5. The number of aryl methyl sites for hydroxylation is 1. The van der Waals surface area contributed by atoms with Crippen LogP contribution in [0, 0.1) is 6.92 Å². The van der Waals surface area contributed by atoms with Gasteiger partial charge in [0, 0.05) is 5.56 Å². The molecule has 0 unspecified atom stereocenters. The fraction of sp³-hybridized carbons (Fsp3) is 0.208. The number of aromatic nitrogens is 1. The van der Waals surface area contributed by atoms with Gasteiger partial charge >= 0.3 is 12.3 Å². The fourth-order valence-corrected chi connectivity index (χ4v) is 3.92. The maximum atomic E-state index is 13.3. The van der Waals surface area contributed by atoms with Crippen molar-refractivity contribution in [3.05, 3.63) is 71.3 Å². The van der Waals surface area contributed by atoms with E-state index in [1.807, 2.05) is 13.0 Å². The minimum atomic E-state index is -3.72. The number of aromatic carboxylic acids is 1. The topological polar surface area (TPSA) is 97.8 Å². The summed E-state index contributed by atoms with van der Waals surface area (Å²) in [6.07, 6.45) is -2.60. The molecule has 1 saturated carbocycles. The fourth-order valence-electron chi connectivity index (χ4n) is 3.92. The summed E-state index contributed by atoms with van der Waals surface area (Å²) in [4.78, 5) is 28.7. The number of hydrogen-bond acceptors (Lipinski definition) is 5. The molecular formula is C24H18F2N2O5. The molecule has 2 aliphatic rings. The molecule has 0 radical (unpaired) electrons. The Labute approximate surface area is 187 Å². The average molecular weight is 452 g/mol. The van der Waals surface area contributed by atoms with E-state index in [4.69, 9.17) is 5.11 Å². The van der Waals surface area contributed by atoms with Gasteiger partial charge in [-0.3, -0.25) is 4.79 Å². The van der Waals surface area contributed by atoms with Gasteiger partial charge in [0.1, 0.15) is 5.82 Å². The molecule has 1 amide bonds. The van der Waals surface area contributed by atoms with Gasteiger partial charge in [0.15, 0.2) is 11.5 Å². The first-order valence-corrected chi connectivity index (χ1v) is 10.2. The summed E-state index contributed by atoms with van der Waals surface area (Å²) in [6.45, 7) is 1.86. The third-order valence-electron chi connectivity index (χ3n) is 5.78. The number of nitrogens with one attached hydrogen (secondary N) is 1. The van der Waals surface area contributed by atoms with E-state index < -0.39 is 17.7 Å². The minimum absolute atomic E-state index is 0.0705. The van der Waals surface area contributed by atoms with Gasteiger partial charge in [-0.2, -0.15) is 0 Å². The van der Waals surface area contributed by atoms with Gasteiger partial charge in [0.05, 0.1) is 16.7 Å². The number of ether oxygens (including phenoxy) is 2. The van der Waals surface area contributed by atoms with Crippen LogP contribution in [0.4, 0.5) is 14.6 Å². The molecule has 0 saturated heterocycles. The van der Waals surface area contributed by atoms with Crippen LogP contribution in [0.2, 0.25) is 0 Å². The van der Waals surface area contributed by atoms with Gasteiger partial charge in [-0.25, -0.2) is 9.78 Å². The summed E-state index contributed by atoms with van der Waals surface area (Å²) in [5, 5.41) is 11.9. The molecule has 0 spiro atoms. The minimum Gasteiger partial charge on any atom is -0.478 e. The lowest BCUT2D eigenvalue weighted by atomic mass is 9.94. The number of amides is 1. The molecule has 33 heavy (non-hydrogen) atoms. The number of hydrogen-bond donors (Lipinski definition) is 2. The highest BCUT2D eigenvalue weighted by atomic mass is 19.3. The molecule has 168 valence electrons. The normalized spacial score (nSPS) is 16.8. The number of anilines is 1. The highest BCUT2D eigenvalue weighted by Gasteiger charge is 2.53. The smallest absolute Gasteiger partial charge is 0.478 e. The van der Waals surface area contributed by atoms with Crippen LogP contribution < -0.4 is 14.8 Å². The third kappa shape index (κ3) is 3.86. The van der Waals surface area contributed by atoms with Crippen LogP contribution in [0.3, 0.4) is 0 Å². The number of fused-ring (bicyclic) bond motifs is 1. The molecule has 1 aliphatic heterocycles. The van der Waals surface area contributed by atoms with Crippen LogP contribution in [-0.4, -0.2) is 28.3 Å². The van der Waals surface area contributed by atoms with Crippen LogP contribution in [0.1, 0.15) is 34.3 Å². The van der Waals surface area contributed by atoms with E-state index in [1.165, 1.54) is 24.3 Å². The number of benzene rings is 2.